The smallest absolute Gasteiger partial charge is 0.311 e. The van der Waals surface area contributed by atoms with E-state index in [0.717, 1.165) is 16.7 Å². The molecule has 0 heterocycles. The maximum Gasteiger partial charge on any atom is 0.311 e. The summed E-state index contributed by atoms with van der Waals surface area (Å²) in [6.07, 6.45) is 0.244. The normalized spacial score (nSPS) is 11.0. The highest BCUT2D eigenvalue weighted by molar-refractivity contribution is 7.18. The van der Waals surface area contributed by atoms with Gasteiger partial charge in [-0.05, 0) is 0 Å². The van der Waals surface area contributed by atoms with Crippen molar-refractivity contribution in [2.24, 2.45) is 0 Å². The largest absolute Gasteiger partial charge is 0.444 e. The Bertz CT molecular complexity index is 689. The highest BCUT2D eigenvalue weighted by Gasteiger charge is 2.40. The van der Waals surface area contributed by atoms with Crippen LogP contribution in [0.4, 0.5) is 0 Å². The third kappa shape index (κ3) is 3.11. The number of ether oxygens (including phenoxy) is 1. The van der Waals surface area contributed by atoms with Crippen molar-refractivity contribution in [2.45, 2.75) is 5.60 Å². The predicted molar refractivity (Wildman–Crippen MR) is 99.9 cm³/mol. The molecule has 0 radical (unpaired) electrons. The molecule has 0 saturated carbocycles. The van der Waals surface area contributed by atoms with Gasteiger partial charge in [-0.1, -0.05) is 91.0 Å². The maximum atomic E-state index is 12.3. The van der Waals surface area contributed by atoms with Crippen molar-refractivity contribution in [3.63, 3.8) is 0 Å². The summed E-state index contributed by atoms with van der Waals surface area (Å²) in [5, 5.41) is 0. The third-order valence-corrected chi connectivity index (χ3v) is 4.31. The number of carbonyl (C=O) groups excluding carboxylic acids is 1. The van der Waals surface area contributed by atoms with Crippen LogP contribution in [0.3, 0.4) is 0 Å². The van der Waals surface area contributed by atoms with Gasteiger partial charge in [0.05, 0.1) is 6.16 Å². The first-order valence-corrected chi connectivity index (χ1v) is 8.67. The lowest BCUT2D eigenvalue weighted by atomic mass is 9.80. The van der Waals surface area contributed by atoms with E-state index in [2.05, 4.69) is 9.24 Å². The first-order valence-electron chi connectivity index (χ1n) is 7.86. The molecule has 0 spiro atoms. The van der Waals surface area contributed by atoms with E-state index < -0.39 is 5.60 Å². The minimum absolute atomic E-state index is 0.244. The van der Waals surface area contributed by atoms with Crippen molar-refractivity contribution in [3.8, 4) is 0 Å². The van der Waals surface area contributed by atoms with Crippen LogP contribution in [0.25, 0.3) is 0 Å². The summed E-state index contributed by atoms with van der Waals surface area (Å²) in [7, 11) is 2.43. The summed E-state index contributed by atoms with van der Waals surface area (Å²) in [5.41, 5.74) is 1.81. The summed E-state index contributed by atoms with van der Waals surface area (Å²) in [4.78, 5) is 12.3. The molecule has 3 heteroatoms. The molecule has 0 N–H and O–H groups in total. The van der Waals surface area contributed by atoms with Crippen LogP contribution in [0.2, 0.25) is 0 Å². The molecule has 1 atom stereocenters. The third-order valence-electron chi connectivity index (χ3n) is 3.97. The highest BCUT2D eigenvalue weighted by atomic mass is 31.0. The maximum absolute atomic E-state index is 12.3. The second-order valence-electron chi connectivity index (χ2n) is 5.46. The zero-order chi connectivity index (χ0) is 16.8. The molecule has 0 aliphatic heterocycles. The minimum Gasteiger partial charge on any atom is -0.444 e. The molecule has 3 aromatic rings. The molecule has 0 aliphatic rings. The summed E-state index contributed by atoms with van der Waals surface area (Å²) in [5.74, 6) is -0.267. The molecule has 0 aromatic heterocycles. The van der Waals surface area contributed by atoms with Gasteiger partial charge in [-0.15, -0.1) is 9.24 Å². The minimum atomic E-state index is -0.961. The molecule has 0 fully saturated rings. The zero-order valence-electron chi connectivity index (χ0n) is 13.3. The van der Waals surface area contributed by atoms with E-state index in [9.17, 15) is 4.79 Å². The van der Waals surface area contributed by atoms with E-state index in [-0.39, 0.29) is 12.1 Å². The Morgan fingerprint density at radius 3 is 1.33 bits per heavy atom. The Morgan fingerprint density at radius 2 is 1.04 bits per heavy atom. The van der Waals surface area contributed by atoms with E-state index >= 15 is 0 Å². The van der Waals surface area contributed by atoms with Crippen LogP contribution in [0.15, 0.2) is 91.0 Å². The molecule has 3 aromatic carbocycles. The fourth-order valence-corrected chi connectivity index (χ4v) is 2.99. The van der Waals surface area contributed by atoms with Gasteiger partial charge in [0.25, 0.3) is 0 Å². The Kier molecular flexibility index (Phi) is 5.08. The molecule has 0 saturated heterocycles. The van der Waals surface area contributed by atoms with Gasteiger partial charge in [0, 0.05) is 16.7 Å². The highest BCUT2D eigenvalue weighted by Crippen LogP contribution is 2.40. The molecular formula is C21H19O2P. The van der Waals surface area contributed by atoms with Gasteiger partial charge in [-0.25, -0.2) is 0 Å². The van der Waals surface area contributed by atoms with Crippen LogP contribution in [0.5, 0.6) is 0 Å². The average molecular weight is 334 g/mol. The van der Waals surface area contributed by atoms with Crippen LogP contribution in [0, 0.1) is 0 Å². The number of hydrogen-bond donors (Lipinski definition) is 0. The van der Waals surface area contributed by atoms with E-state index in [1.165, 1.54) is 0 Å². The number of esters is 1. The molecule has 0 bridgehead atoms. The summed E-state index contributed by atoms with van der Waals surface area (Å²) in [6.45, 7) is 0. The second-order valence-corrected chi connectivity index (χ2v) is 5.87. The number of hydrogen-bond acceptors (Lipinski definition) is 2. The van der Waals surface area contributed by atoms with Gasteiger partial charge in [-0.2, -0.15) is 0 Å². The summed E-state index contributed by atoms with van der Waals surface area (Å²) >= 11 is 0. The zero-order valence-corrected chi connectivity index (χ0v) is 14.4. The van der Waals surface area contributed by atoms with Gasteiger partial charge in [0.15, 0.2) is 5.60 Å². The van der Waals surface area contributed by atoms with Gasteiger partial charge in [0.1, 0.15) is 0 Å². The van der Waals surface area contributed by atoms with E-state index in [4.69, 9.17) is 4.74 Å². The number of rotatable bonds is 5. The van der Waals surface area contributed by atoms with Gasteiger partial charge in [-0.3, -0.25) is 4.79 Å². The first-order chi connectivity index (χ1) is 11.8. The molecule has 0 aliphatic carbocycles. The molecule has 0 amide bonds. The van der Waals surface area contributed by atoms with Gasteiger partial charge >= 0.3 is 5.97 Å². The Morgan fingerprint density at radius 1 is 0.708 bits per heavy atom. The topological polar surface area (TPSA) is 26.3 Å². The van der Waals surface area contributed by atoms with Crippen molar-refractivity contribution in [1.29, 1.82) is 0 Å². The lowest BCUT2D eigenvalue weighted by molar-refractivity contribution is -0.150. The van der Waals surface area contributed by atoms with Crippen molar-refractivity contribution in [2.75, 3.05) is 6.16 Å². The Labute approximate surface area is 144 Å². The standard InChI is InChI=1S/C21H19O2P/c22-20(16-24)23-21(17-10-4-1-5-11-17,18-12-6-2-7-13-18)19-14-8-3-9-15-19/h1-15H,16,24H2. The summed E-state index contributed by atoms with van der Waals surface area (Å²) < 4.78 is 6.09. The van der Waals surface area contributed by atoms with Crippen LogP contribution in [-0.2, 0) is 15.1 Å². The number of benzene rings is 3. The predicted octanol–water partition coefficient (Wildman–Crippen LogP) is 4.40. The Balaban J connectivity index is 2.30. The molecule has 2 nitrogen and oxygen atoms in total. The summed E-state index contributed by atoms with van der Waals surface area (Å²) in [6, 6.07) is 29.6. The lowest BCUT2D eigenvalue weighted by Gasteiger charge is -2.35. The van der Waals surface area contributed by atoms with Gasteiger partial charge in [0.2, 0.25) is 0 Å². The molecule has 24 heavy (non-hydrogen) atoms. The molecule has 120 valence electrons. The van der Waals surface area contributed by atoms with Crippen molar-refractivity contribution >= 4 is 15.2 Å². The van der Waals surface area contributed by atoms with Crippen LogP contribution in [0.1, 0.15) is 16.7 Å². The van der Waals surface area contributed by atoms with Gasteiger partial charge < -0.3 is 4.74 Å². The molecular weight excluding hydrogens is 315 g/mol. The molecule has 3 rings (SSSR count). The average Bonchev–Trinajstić information content (AvgIpc) is 2.68. The fourth-order valence-electron chi connectivity index (χ4n) is 2.91. The van der Waals surface area contributed by atoms with E-state index in [1.54, 1.807) is 0 Å². The van der Waals surface area contributed by atoms with E-state index in [0.29, 0.717) is 0 Å². The first kappa shape index (κ1) is 16.4. The quantitative estimate of drug-likeness (QED) is 0.393. The van der Waals surface area contributed by atoms with Crippen molar-refractivity contribution in [3.05, 3.63) is 108 Å². The van der Waals surface area contributed by atoms with Crippen LogP contribution >= 0.6 is 9.24 Å². The van der Waals surface area contributed by atoms with E-state index in [1.807, 2.05) is 91.0 Å². The molecule has 1 unspecified atom stereocenters. The van der Waals surface area contributed by atoms with Crippen LogP contribution in [-0.4, -0.2) is 12.1 Å². The monoisotopic (exact) mass is 334 g/mol. The van der Waals surface area contributed by atoms with Crippen LogP contribution < -0.4 is 0 Å². The fraction of sp³-hybridized carbons (Fsp3) is 0.0952. The van der Waals surface area contributed by atoms with Crippen molar-refractivity contribution in [1.82, 2.24) is 0 Å². The lowest BCUT2D eigenvalue weighted by Crippen LogP contribution is -2.35. The number of carbonyl (C=O) groups is 1. The second kappa shape index (κ2) is 7.42. The SMILES string of the molecule is O=C(CP)OC(c1ccccc1)(c1ccccc1)c1ccccc1. The Hall–Kier alpha value is -2.44. The van der Waals surface area contributed by atoms with Crippen molar-refractivity contribution < 1.29 is 9.53 Å².